The van der Waals surface area contributed by atoms with Gasteiger partial charge in [0, 0.05) is 6.04 Å². The molecule has 2 amide bonds. The Hall–Kier alpha value is -1.96. The summed E-state index contributed by atoms with van der Waals surface area (Å²) in [5.41, 5.74) is 9.96. The fraction of sp³-hybridized carbons (Fsp3) is 0.455. The number of hydrogen-bond donors (Lipinski definition) is 3. The Labute approximate surface area is 114 Å². The van der Waals surface area contributed by atoms with Gasteiger partial charge >= 0.3 is 11.8 Å². The monoisotopic (exact) mass is 281 g/mol. The van der Waals surface area contributed by atoms with Crippen molar-refractivity contribution in [2.45, 2.75) is 32.7 Å². The fourth-order valence-electron chi connectivity index (χ4n) is 1.55. The molecule has 102 valence electrons. The average Bonchev–Trinajstić information content (AvgIpc) is 3.11. The van der Waals surface area contributed by atoms with Crippen LogP contribution in [0.5, 0.6) is 0 Å². The van der Waals surface area contributed by atoms with Gasteiger partial charge in [-0.3, -0.25) is 9.59 Å². The van der Waals surface area contributed by atoms with E-state index in [4.69, 9.17) is 5.73 Å². The van der Waals surface area contributed by atoms with Crippen LogP contribution in [0.25, 0.3) is 0 Å². The maximum absolute atomic E-state index is 11.5. The first-order valence-electron chi connectivity index (χ1n) is 5.86. The molecule has 1 saturated carbocycles. The van der Waals surface area contributed by atoms with E-state index in [1.54, 1.807) is 6.92 Å². The van der Waals surface area contributed by atoms with Gasteiger partial charge in [-0.05, 0) is 38.2 Å². The number of nitrogens with two attached hydrogens (primary N) is 1. The smallest absolute Gasteiger partial charge is 0.329 e. The van der Waals surface area contributed by atoms with Crippen molar-refractivity contribution in [3.63, 3.8) is 0 Å². The zero-order chi connectivity index (χ0) is 14.0. The molecule has 0 bridgehead atoms. The molecule has 1 aromatic heterocycles. The Balaban J connectivity index is 1.97. The number of anilines is 1. The Morgan fingerprint density at radius 3 is 2.63 bits per heavy atom. The summed E-state index contributed by atoms with van der Waals surface area (Å²) >= 11 is 1.17. The normalized spacial score (nSPS) is 15.2. The predicted molar refractivity (Wildman–Crippen MR) is 72.8 cm³/mol. The number of aryl methyl sites for hydroxylation is 1. The van der Waals surface area contributed by atoms with Crippen molar-refractivity contribution in [1.82, 2.24) is 15.1 Å². The van der Waals surface area contributed by atoms with Gasteiger partial charge in [0.15, 0.2) is 0 Å². The molecule has 1 heterocycles. The highest BCUT2D eigenvalue weighted by Gasteiger charge is 2.26. The number of hydrazone groups is 1. The Morgan fingerprint density at radius 2 is 2.11 bits per heavy atom. The average molecular weight is 281 g/mol. The van der Waals surface area contributed by atoms with Crippen LogP contribution < -0.4 is 16.5 Å². The van der Waals surface area contributed by atoms with Crippen LogP contribution in [0.15, 0.2) is 5.10 Å². The highest BCUT2D eigenvalue weighted by molar-refractivity contribution is 7.10. The van der Waals surface area contributed by atoms with Crippen LogP contribution >= 0.6 is 11.5 Å². The summed E-state index contributed by atoms with van der Waals surface area (Å²) in [5, 5.41) is 7.00. The standard InChI is InChI=1S/C11H15N5O2S/c1-5(8-6(2)16-19-9(8)12)14-15-11(18)10(17)13-7-3-4-7/h7H,3-4,12H2,1-2H3,(H,13,17)(H,15,18)/b14-5-. The van der Waals surface area contributed by atoms with Crippen molar-refractivity contribution in [1.29, 1.82) is 0 Å². The first kappa shape index (κ1) is 13.5. The minimum absolute atomic E-state index is 0.141. The number of carbonyl (C=O) groups is 2. The van der Waals surface area contributed by atoms with Crippen molar-refractivity contribution in [3.05, 3.63) is 11.3 Å². The third-order valence-corrected chi connectivity index (χ3v) is 3.46. The molecule has 0 spiro atoms. The summed E-state index contributed by atoms with van der Waals surface area (Å²) in [6.45, 7) is 3.51. The number of carbonyl (C=O) groups excluding carboxylic acids is 2. The van der Waals surface area contributed by atoms with E-state index in [2.05, 4.69) is 20.2 Å². The summed E-state index contributed by atoms with van der Waals surface area (Å²) in [5.74, 6) is -1.43. The Bertz CT molecular complexity index is 528. The molecule has 0 radical (unpaired) electrons. The van der Waals surface area contributed by atoms with Gasteiger partial charge in [-0.15, -0.1) is 0 Å². The molecule has 19 heavy (non-hydrogen) atoms. The molecule has 1 aromatic rings. The highest BCUT2D eigenvalue weighted by atomic mass is 32.1. The van der Waals surface area contributed by atoms with Crippen LogP contribution in [-0.2, 0) is 9.59 Å². The van der Waals surface area contributed by atoms with Gasteiger partial charge in [-0.2, -0.15) is 9.47 Å². The van der Waals surface area contributed by atoms with Crippen LogP contribution in [0.2, 0.25) is 0 Å². The number of nitrogens with zero attached hydrogens (tertiary/aromatic N) is 2. The zero-order valence-corrected chi connectivity index (χ0v) is 11.5. The lowest BCUT2D eigenvalue weighted by Gasteiger charge is -2.03. The lowest BCUT2D eigenvalue weighted by Crippen LogP contribution is -2.39. The third-order valence-electron chi connectivity index (χ3n) is 2.69. The number of amides is 2. The van der Waals surface area contributed by atoms with E-state index in [9.17, 15) is 9.59 Å². The van der Waals surface area contributed by atoms with E-state index in [-0.39, 0.29) is 6.04 Å². The maximum atomic E-state index is 11.5. The van der Waals surface area contributed by atoms with Crippen LogP contribution in [0, 0.1) is 6.92 Å². The molecule has 1 fully saturated rings. The molecule has 0 unspecified atom stereocenters. The lowest BCUT2D eigenvalue weighted by atomic mass is 10.2. The lowest BCUT2D eigenvalue weighted by molar-refractivity contribution is -0.139. The zero-order valence-electron chi connectivity index (χ0n) is 10.7. The largest absolute Gasteiger partial charge is 0.389 e. The van der Waals surface area contributed by atoms with Gasteiger partial charge in [0.05, 0.1) is 17.0 Å². The summed E-state index contributed by atoms with van der Waals surface area (Å²) in [4.78, 5) is 22.9. The molecule has 0 aliphatic heterocycles. The Kier molecular flexibility index (Phi) is 3.79. The van der Waals surface area contributed by atoms with Gasteiger partial charge in [0.25, 0.3) is 0 Å². The summed E-state index contributed by atoms with van der Waals surface area (Å²) < 4.78 is 4.09. The molecular formula is C11H15N5O2S. The van der Waals surface area contributed by atoms with Gasteiger partial charge in [0.1, 0.15) is 5.00 Å². The van der Waals surface area contributed by atoms with Gasteiger partial charge in [-0.1, -0.05) is 0 Å². The van der Waals surface area contributed by atoms with Gasteiger partial charge in [-0.25, -0.2) is 5.43 Å². The molecule has 1 aliphatic rings. The number of nitrogens with one attached hydrogen (secondary N) is 2. The van der Waals surface area contributed by atoms with E-state index in [1.807, 2.05) is 6.92 Å². The number of nitrogen functional groups attached to an aromatic ring is 1. The van der Waals surface area contributed by atoms with E-state index in [0.29, 0.717) is 16.3 Å². The van der Waals surface area contributed by atoms with Crippen molar-refractivity contribution in [3.8, 4) is 0 Å². The molecule has 0 saturated heterocycles. The number of hydrogen-bond acceptors (Lipinski definition) is 6. The molecule has 1 aliphatic carbocycles. The topological polar surface area (TPSA) is 109 Å². The molecule has 8 heteroatoms. The van der Waals surface area contributed by atoms with Crippen LogP contribution in [0.1, 0.15) is 31.0 Å². The first-order valence-corrected chi connectivity index (χ1v) is 6.63. The predicted octanol–water partition coefficient (Wildman–Crippen LogP) is 0.153. The highest BCUT2D eigenvalue weighted by Crippen LogP contribution is 2.21. The fourth-order valence-corrected chi connectivity index (χ4v) is 2.26. The minimum atomic E-state index is -0.773. The summed E-state index contributed by atoms with van der Waals surface area (Å²) in [6.07, 6.45) is 1.86. The first-order chi connectivity index (χ1) is 8.99. The molecule has 4 N–H and O–H groups in total. The number of rotatable bonds is 3. The van der Waals surface area contributed by atoms with Crippen LogP contribution in [0.3, 0.4) is 0 Å². The van der Waals surface area contributed by atoms with Crippen molar-refractivity contribution in [2.75, 3.05) is 5.73 Å². The SMILES string of the molecule is C/C(=N/NC(=O)C(=O)NC1CC1)c1c(C)nsc1N. The molecule has 0 atom stereocenters. The van der Waals surface area contributed by atoms with Gasteiger partial charge in [0.2, 0.25) is 0 Å². The van der Waals surface area contributed by atoms with Crippen LogP contribution in [0.4, 0.5) is 5.00 Å². The van der Waals surface area contributed by atoms with Crippen molar-refractivity contribution in [2.24, 2.45) is 5.10 Å². The van der Waals surface area contributed by atoms with E-state index in [1.165, 1.54) is 11.5 Å². The second kappa shape index (κ2) is 5.35. The van der Waals surface area contributed by atoms with Crippen molar-refractivity contribution >= 4 is 34.1 Å². The van der Waals surface area contributed by atoms with E-state index < -0.39 is 11.8 Å². The molecule has 2 rings (SSSR count). The maximum Gasteiger partial charge on any atom is 0.329 e. The summed E-state index contributed by atoms with van der Waals surface area (Å²) in [6, 6.07) is 0.141. The van der Waals surface area contributed by atoms with E-state index >= 15 is 0 Å². The second-order valence-electron chi connectivity index (χ2n) is 4.39. The van der Waals surface area contributed by atoms with Crippen LogP contribution in [-0.4, -0.2) is 27.9 Å². The molecule has 0 aromatic carbocycles. The summed E-state index contributed by atoms with van der Waals surface area (Å²) in [7, 11) is 0. The molecular weight excluding hydrogens is 266 g/mol. The number of aromatic nitrogens is 1. The van der Waals surface area contributed by atoms with Gasteiger partial charge < -0.3 is 11.1 Å². The Morgan fingerprint density at radius 1 is 1.42 bits per heavy atom. The third kappa shape index (κ3) is 3.28. The van der Waals surface area contributed by atoms with E-state index in [0.717, 1.165) is 18.5 Å². The minimum Gasteiger partial charge on any atom is -0.389 e. The second-order valence-corrected chi connectivity index (χ2v) is 5.20. The van der Waals surface area contributed by atoms with Crippen molar-refractivity contribution < 1.29 is 9.59 Å². The quantitative estimate of drug-likeness (QED) is 0.416. The molecule has 7 nitrogen and oxygen atoms in total.